The van der Waals surface area contributed by atoms with Crippen molar-refractivity contribution in [1.82, 2.24) is 10.2 Å². The molecule has 2 aromatic carbocycles. The number of rotatable bonds is 7. The Labute approximate surface area is 191 Å². The zero-order chi connectivity index (χ0) is 24.3. The van der Waals surface area contributed by atoms with Gasteiger partial charge >= 0.3 is 6.09 Å². The van der Waals surface area contributed by atoms with Gasteiger partial charge < -0.3 is 23.7 Å². The van der Waals surface area contributed by atoms with E-state index in [9.17, 15) is 9.59 Å². The zero-order valence-electron chi connectivity index (χ0n) is 19.6. The molecule has 3 aromatic rings. The van der Waals surface area contributed by atoms with Gasteiger partial charge in [-0.15, -0.1) is 0 Å². The minimum Gasteiger partial charge on any atom is -0.494 e. The van der Waals surface area contributed by atoms with Crippen molar-refractivity contribution < 1.29 is 33.3 Å². The highest BCUT2D eigenvalue weighted by molar-refractivity contribution is 6.17. The van der Waals surface area contributed by atoms with Crippen molar-refractivity contribution in [3.8, 4) is 23.0 Å². The van der Waals surface area contributed by atoms with Gasteiger partial charge in [0.1, 0.15) is 28.2 Å². The number of ether oxygens (including phenoxy) is 5. The molecule has 3 rings (SSSR count). The van der Waals surface area contributed by atoms with E-state index in [1.54, 1.807) is 45.0 Å². The van der Waals surface area contributed by atoms with Gasteiger partial charge in [0.25, 0.3) is 0 Å². The predicted octanol–water partition coefficient (Wildman–Crippen LogP) is 4.18. The van der Waals surface area contributed by atoms with Gasteiger partial charge in [0.05, 0.1) is 28.4 Å². The van der Waals surface area contributed by atoms with Crippen LogP contribution in [0, 0.1) is 0 Å². The van der Waals surface area contributed by atoms with E-state index >= 15 is 0 Å². The molecule has 0 spiro atoms. The van der Waals surface area contributed by atoms with E-state index in [1.807, 2.05) is 0 Å². The van der Waals surface area contributed by atoms with Crippen LogP contribution < -0.4 is 24.3 Å². The molecule has 10 heteroatoms. The van der Waals surface area contributed by atoms with Crippen molar-refractivity contribution in [3.05, 3.63) is 35.5 Å². The Morgan fingerprint density at radius 3 is 2.03 bits per heavy atom. The molecule has 0 aliphatic heterocycles. The number of carbonyl (C=O) groups excluding carboxylic acids is 2. The molecule has 2 N–H and O–H groups in total. The van der Waals surface area contributed by atoms with Crippen molar-refractivity contribution in [2.75, 3.05) is 33.8 Å². The number of aromatic amines is 1. The maximum absolute atomic E-state index is 13.4. The first-order valence-electron chi connectivity index (χ1n) is 10.0. The summed E-state index contributed by atoms with van der Waals surface area (Å²) in [6, 6.07) is 6.43. The molecule has 0 unspecified atom stereocenters. The summed E-state index contributed by atoms with van der Waals surface area (Å²) in [5.74, 6) is 1.08. The van der Waals surface area contributed by atoms with Crippen LogP contribution in [-0.4, -0.2) is 56.1 Å². The molecule has 1 heterocycles. The van der Waals surface area contributed by atoms with Gasteiger partial charge in [-0.2, -0.15) is 5.10 Å². The highest BCUT2D eigenvalue weighted by Gasteiger charge is 2.24. The third-order valence-corrected chi connectivity index (χ3v) is 4.69. The fourth-order valence-corrected chi connectivity index (χ4v) is 3.29. The number of hydrogen-bond acceptors (Lipinski definition) is 8. The molecule has 0 radical (unpaired) electrons. The molecule has 0 saturated carbocycles. The number of H-pyrrole nitrogens is 1. The average Bonchev–Trinajstić information content (AvgIpc) is 3.20. The Hall–Kier alpha value is -3.95. The summed E-state index contributed by atoms with van der Waals surface area (Å²) in [5, 5.41) is 10.2. The lowest BCUT2D eigenvalue weighted by atomic mass is 10.0. The van der Waals surface area contributed by atoms with Crippen molar-refractivity contribution in [2.45, 2.75) is 26.4 Å². The Morgan fingerprint density at radius 2 is 1.52 bits per heavy atom. The van der Waals surface area contributed by atoms with Crippen LogP contribution in [0.5, 0.6) is 23.0 Å². The fraction of sp³-hybridized carbons (Fsp3) is 0.348. The molecule has 0 saturated heterocycles. The number of amides is 1. The first kappa shape index (κ1) is 23.7. The number of methoxy groups -OCH3 is 4. The molecule has 0 aliphatic rings. The number of aromatic nitrogens is 2. The second kappa shape index (κ2) is 9.27. The van der Waals surface area contributed by atoms with Gasteiger partial charge in [-0.3, -0.25) is 15.2 Å². The predicted molar refractivity (Wildman–Crippen MR) is 122 cm³/mol. The van der Waals surface area contributed by atoms with Gasteiger partial charge in [0.15, 0.2) is 11.5 Å². The number of nitrogens with one attached hydrogen (secondary N) is 2. The van der Waals surface area contributed by atoms with Crippen molar-refractivity contribution in [2.24, 2.45) is 0 Å². The Bertz CT molecular complexity index is 1170. The summed E-state index contributed by atoms with van der Waals surface area (Å²) in [4.78, 5) is 25.7. The van der Waals surface area contributed by atoms with Gasteiger partial charge in [0.2, 0.25) is 11.5 Å². The van der Waals surface area contributed by atoms with Crippen LogP contribution in [0.3, 0.4) is 0 Å². The van der Waals surface area contributed by atoms with E-state index in [-0.39, 0.29) is 17.2 Å². The highest BCUT2D eigenvalue weighted by Crippen LogP contribution is 2.39. The minimum atomic E-state index is -0.690. The van der Waals surface area contributed by atoms with Crippen LogP contribution in [0.25, 0.3) is 10.9 Å². The third kappa shape index (κ3) is 4.79. The first-order valence-corrected chi connectivity index (χ1v) is 10.0. The fourth-order valence-electron chi connectivity index (χ4n) is 3.29. The number of fused-ring (bicyclic) bond motifs is 1. The second-order valence-corrected chi connectivity index (χ2v) is 8.01. The van der Waals surface area contributed by atoms with Crippen LogP contribution in [0.4, 0.5) is 10.5 Å². The third-order valence-electron chi connectivity index (χ3n) is 4.69. The number of nitrogens with zero attached hydrogens (tertiary/aromatic N) is 1. The molecule has 1 amide bonds. The molecule has 176 valence electrons. The Morgan fingerprint density at radius 1 is 0.909 bits per heavy atom. The molecule has 1 aromatic heterocycles. The van der Waals surface area contributed by atoms with Crippen LogP contribution in [0.15, 0.2) is 24.3 Å². The lowest BCUT2D eigenvalue weighted by Gasteiger charge is -2.20. The Kier molecular flexibility index (Phi) is 6.66. The highest BCUT2D eigenvalue weighted by atomic mass is 16.6. The van der Waals surface area contributed by atoms with Crippen LogP contribution >= 0.6 is 0 Å². The molecule has 0 fully saturated rings. The van der Waals surface area contributed by atoms with E-state index in [0.717, 1.165) is 0 Å². The van der Waals surface area contributed by atoms with Gasteiger partial charge in [-0.1, -0.05) is 0 Å². The van der Waals surface area contributed by atoms with E-state index in [2.05, 4.69) is 15.5 Å². The van der Waals surface area contributed by atoms with Crippen molar-refractivity contribution >= 4 is 28.5 Å². The van der Waals surface area contributed by atoms with E-state index in [1.165, 1.54) is 28.4 Å². The normalized spacial score (nSPS) is 11.1. The molecule has 0 atom stereocenters. The second-order valence-electron chi connectivity index (χ2n) is 8.01. The summed E-state index contributed by atoms with van der Waals surface area (Å²) in [6.45, 7) is 5.27. The summed E-state index contributed by atoms with van der Waals surface area (Å²) in [5.41, 5.74) is 0.451. The van der Waals surface area contributed by atoms with Gasteiger partial charge in [-0.25, -0.2) is 4.79 Å². The molecule has 0 aliphatic carbocycles. The molecular formula is C23H27N3O7. The summed E-state index contributed by atoms with van der Waals surface area (Å²) >= 11 is 0. The number of benzene rings is 2. The lowest BCUT2D eigenvalue weighted by molar-refractivity contribution is 0.0635. The lowest BCUT2D eigenvalue weighted by Crippen LogP contribution is -2.27. The van der Waals surface area contributed by atoms with E-state index in [4.69, 9.17) is 23.7 Å². The van der Waals surface area contributed by atoms with Crippen LogP contribution in [0.2, 0.25) is 0 Å². The maximum atomic E-state index is 13.4. The van der Waals surface area contributed by atoms with Crippen LogP contribution in [-0.2, 0) is 4.74 Å². The SMILES string of the molecule is COc1cc(C(=O)c2[nH]nc3c(NC(=O)OC(C)(C)C)c(OC)ccc23)cc(OC)c1OC. The van der Waals surface area contributed by atoms with E-state index in [0.29, 0.717) is 39.5 Å². The maximum Gasteiger partial charge on any atom is 0.412 e. The smallest absolute Gasteiger partial charge is 0.412 e. The molecule has 10 nitrogen and oxygen atoms in total. The average molecular weight is 457 g/mol. The first-order chi connectivity index (χ1) is 15.6. The van der Waals surface area contributed by atoms with Gasteiger partial charge in [0, 0.05) is 10.9 Å². The van der Waals surface area contributed by atoms with Gasteiger partial charge in [-0.05, 0) is 45.0 Å². The van der Waals surface area contributed by atoms with Crippen molar-refractivity contribution in [1.29, 1.82) is 0 Å². The van der Waals surface area contributed by atoms with Crippen LogP contribution in [0.1, 0.15) is 36.8 Å². The molecule has 0 bridgehead atoms. The standard InChI is InChI=1S/C23H27N3O7/c1-23(2,3)33-22(28)24-19-14(29-4)9-8-13-17(19)25-26-18(13)20(27)12-10-15(30-5)21(32-7)16(11-12)31-6/h8-11H,1-7H3,(H,24,28)(H,25,26). The van der Waals surface area contributed by atoms with E-state index < -0.39 is 11.7 Å². The zero-order valence-corrected chi connectivity index (χ0v) is 19.6. The summed E-state index contributed by atoms with van der Waals surface area (Å²) in [6.07, 6.45) is -0.672. The molecule has 33 heavy (non-hydrogen) atoms. The van der Waals surface area contributed by atoms with Crippen molar-refractivity contribution in [3.63, 3.8) is 0 Å². The quantitative estimate of drug-likeness (QED) is 0.507. The monoisotopic (exact) mass is 457 g/mol. The number of hydrogen-bond donors (Lipinski definition) is 2. The Balaban J connectivity index is 2.07. The number of anilines is 1. The largest absolute Gasteiger partial charge is 0.494 e. The summed E-state index contributed by atoms with van der Waals surface area (Å²) < 4.78 is 26.7. The summed E-state index contributed by atoms with van der Waals surface area (Å²) in [7, 11) is 5.89. The minimum absolute atomic E-state index is 0.217. The topological polar surface area (TPSA) is 121 Å². The number of carbonyl (C=O) groups is 2. The molecular weight excluding hydrogens is 430 g/mol. The number of ketones is 1.